The zero-order valence-electron chi connectivity index (χ0n) is 17.2. The first-order valence-corrected chi connectivity index (χ1v) is 9.53. The van der Waals surface area contributed by atoms with Crippen molar-refractivity contribution in [2.45, 2.75) is 13.1 Å². The van der Waals surface area contributed by atoms with Crippen LogP contribution >= 0.6 is 0 Å². The molecule has 0 radical (unpaired) electrons. The number of nitrogens with zero attached hydrogens (tertiary/aromatic N) is 2. The molecular weight excluding hydrogens is 356 g/mol. The quantitative estimate of drug-likeness (QED) is 0.695. The van der Waals surface area contributed by atoms with Gasteiger partial charge in [-0.25, -0.2) is 0 Å². The van der Waals surface area contributed by atoms with Crippen molar-refractivity contribution in [3.8, 4) is 23.0 Å². The topological polar surface area (TPSA) is 43.4 Å². The van der Waals surface area contributed by atoms with Gasteiger partial charge in [0.2, 0.25) is 0 Å². The summed E-state index contributed by atoms with van der Waals surface area (Å²) in [7, 11) is 6.78. The smallest absolute Gasteiger partial charge is 0.127 e. The molecule has 1 aliphatic heterocycles. The molecule has 0 N–H and O–H groups in total. The lowest BCUT2D eigenvalue weighted by Gasteiger charge is -2.35. The number of benzene rings is 2. The summed E-state index contributed by atoms with van der Waals surface area (Å²) >= 11 is 0. The summed E-state index contributed by atoms with van der Waals surface area (Å²) in [5.41, 5.74) is 2.35. The van der Waals surface area contributed by atoms with Gasteiger partial charge in [-0.05, 0) is 24.3 Å². The summed E-state index contributed by atoms with van der Waals surface area (Å²) in [6, 6.07) is 12.0. The summed E-state index contributed by atoms with van der Waals surface area (Å²) in [6.07, 6.45) is 0. The molecule has 28 heavy (non-hydrogen) atoms. The van der Waals surface area contributed by atoms with Gasteiger partial charge in [0.05, 0.1) is 28.4 Å². The average molecular weight is 386 g/mol. The van der Waals surface area contributed by atoms with E-state index in [0.717, 1.165) is 67.8 Å². The van der Waals surface area contributed by atoms with Gasteiger partial charge in [-0.1, -0.05) is 6.07 Å². The third-order valence-corrected chi connectivity index (χ3v) is 5.23. The molecule has 2 aromatic carbocycles. The van der Waals surface area contributed by atoms with Crippen LogP contribution < -0.4 is 18.9 Å². The number of hydrogen-bond donors (Lipinski definition) is 0. The molecule has 0 aromatic heterocycles. The summed E-state index contributed by atoms with van der Waals surface area (Å²) in [5.74, 6) is 3.47. The summed E-state index contributed by atoms with van der Waals surface area (Å²) in [5, 5.41) is 0. The van der Waals surface area contributed by atoms with Crippen molar-refractivity contribution in [2.75, 3.05) is 54.6 Å². The van der Waals surface area contributed by atoms with Crippen molar-refractivity contribution >= 4 is 0 Å². The maximum absolute atomic E-state index is 5.53. The van der Waals surface area contributed by atoms with E-state index in [1.165, 1.54) is 5.56 Å². The molecule has 0 atom stereocenters. The molecule has 0 saturated carbocycles. The van der Waals surface area contributed by atoms with E-state index in [1.54, 1.807) is 28.4 Å². The van der Waals surface area contributed by atoms with Crippen molar-refractivity contribution in [2.24, 2.45) is 0 Å². The molecule has 2 aromatic rings. The Morgan fingerprint density at radius 2 is 1.14 bits per heavy atom. The van der Waals surface area contributed by atoms with Crippen LogP contribution in [0.5, 0.6) is 23.0 Å². The first-order valence-electron chi connectivity index (χ1n) is 9.53. The summed E-state index contributed by atoms with van der Waals surface area (Å²) in [4.78, 5) is 4.92. The number of piperazine rings is 1. The molecule has 3 rings (SSSR count). The van der Waals surface area contributed by atoms with Crippen LogP contribution in [0.15, 0.2) is 36.4 Å². The molecule has 0 amide bonds. The molecule has 0 unspecified atom stereocenters. The first-order chi connectivity index (χ1) is 13.7. The van der Waals surface area contributed by atoms with E-state index in [0.29, 0.717) is 0 Å². The van der Waals surface area contributed by atoms with Crippen molar-refractivity contribution in [3.05, 3.63) is 47.5 Å². The second-order valence-corrected chi connectivity index (χ2v) is 6.91. The van der Waals surface area contributed by atoms with Gasteiger partial charge in [0.1, 0.15) is 23.0 Å². The minimum absolute atomic E-state index is 0.817. The molecular formula is C22H30N2O4. The van der Waals surface area contributed by atoms with E-state index in [-0.39, 0.29) is 0 Å². The maximum Gasteiger partial charge on any atom is 0.127 e. The fraction of sp³-hybridized carbons (Fsp3) is 0.455. The fourth-order valence-electron chi connectivity index (χ4n) is 3.58. The van der Waals surface area contributed by atoms with Crippen LogP contribution in [0.2, 0.25) is 0 Å². The Balaban J connectivity index is 1.58. The van der Waals surface area contributed by atoms with E-state index in [2.05, 4.69) is 21.9 Å². The van der Waals surface area contributed by atoms with Gasteiger partial charge in [0.15, 0.2) is 0 Å². The summed E-state index contributed by atoms with van der Waals surface area (Å²) in [6.45, 7) is 5.80. The van der Waals surface area contributed by atoms with Crippen molar-refractivity contribution in [1.82, 2.24) is 9.80 Å². The van der Waals surface area contributed by atoms with E-state index in [1.807, 2.05) is 24.3 Å². The standard InChI is InChI=1S/C22H30N2O4/c1-25-19-7-8-21(27-3)18(13-19)16-24-11-9-23(10-12-24)15-17-5-6-20(26-2)14-22(17)28-4/h5-8,13-14H,9-12,15-16H2,1-4H3. The zero-order chi connectivity index (χ0) is 19.9. The highest BCUT2D eigenvalue weighted by atomic mass is 16.5. The number of hydrogen-bond acceptors (Lipinski definition) is 6. The second-order valence-electron chi connectivity index (χ2n) is 6.91. The molecule has 152 valence electrons. The molecule has 1 heterocycles. The van der Waals surface area contributed by atoms with Crippen LogP contribution in [0.3, 0.4) is 0 Å². The maximum atomic E-state index is 5.53. The van der Waals surface area contributed by atoms with Crippen molar-refractivity contribution in [3.63, 3.8) is 0 Å². The van der Waals surface area contributed by atoms with Crippen molar-refractivity contribution in [1.29, 1.82) is 0 Å². The highest BCUT2D eigenvalue weighted by Crippen LogP contribution is 2.27. The number of rotatable bonds is 8. The fourth-order valence-corrected chi connectivity index (χ4v) is 3.58. The molecule has 1 saturated heterocycles. The van der Waals surface area contributed by atoms with Gasteiger partial charge < -0.3 is 18.9 Å². The lowest BCUT2D eigenvalue weighted by atomic mass is 10.1. The first kappa shape index (κ1) is 20.3. The molecule has 0 aliphatic carbocycles. The normalized spacial score (nSPS) is 15.3. The van der Waals surface area contributed by atoms with E-state index in [9.17, 15) is 0 Å². The zero-order valence-corrected chi connectivity index (χ0v) is 17.2. The Kier molecular flexibility index (Phi) is 7.01. The van der Waals surface area contributed by atoms with Gasteiger partial charge in [-0.2, -0.15) is 0 Å². The summed E-state index contributed by atoms with van der Waals surface area (Å²) < 4.78 is 21.7. The Bertz CT molecular complexity index is 773. The number of methoxy groups -OCH3 is 4. The van der Waals surface area contributed by atoms with Gasteiger partial charge in [-0.15, -0.1) is 0 Å². The molecule has 6 heteroatoms. The average Bonchev–Trinajstić information content (AvgIpc) is 2.75. The van der Waals surface area contributed by atoms with Gasteiger partial charge in [-0.3, -0.25) is 9.80 Å². The lowest BCUT2D eigenvalue weighted by Crippen LogP contribution is -2.45. The highest BCUT2D eigenvalue weighted by Gasteiger charge is 2.20. The van der Waals surface area contributed by atoms with Crippen LogP contribution in [0.1, 0.15) is 11.1 Å². The highest BCUT2D eigenvalue weighted by molar-refractivity contribution is 5.41. The van der Waals surface area contributed by atoms with Crippen LogP contribution in [-0.4, -0.2) is 64.4 Å². The Morgan fingerprint density at radius 1 is 0.607 bits per heavy atom. The molecule has 6 nitrogen and oxygen atoms in total. The van der Waals surface area contributed by atoms with Crippen LogP contribution in [0.4, 0.5) is 0 Å². The minimum Gasteiger partial charge on any atom is -0.497 e. The van der Waals surface area contributed by atoms with E-state index >= 15 is 0 Å². The van der Waals surface area contributed by atoms with E-state index < -0.39 is 0 Å². The van der Waals surface area contributed by atoms with Gasteiger partial charge in [0, 0.05) is 56.5 Å². The van der Waals surface area contributed by atoms with Gasteiger partial charge >= 0.3 is 0 Å². The SMILES string of the molecule is COc1ccc(OC)c(CN2CCN(Cc3ccc(OC)cc3OC)CC2)c1. The molecule has 1 fully saturated rings. The molecule has 0 bridgehead atoms. The molecule has 1 aliphatic rings. The molecule has 0 spiro atoms. The van der Waals surface area contributed by atoms with E-state index in [4.69, 9.17) is 18.9 Å². The Hall–Kier alpha value is -2.44. The van der Waals surface area contributed by atoms with Crippen LogP contribution in [0, 0.1) is 0 Å². The van der Waals surface area contributed by atoms with Crippen LogP contribution in [0.25, 0.3) is 0 Å². The minimum atomic E-state index is 0.817. The third-order valence-electron chi connectivity index (χ3n) is 5.23. The predicted molar refractivity (Wildman–Crippen MR) is 110 cm³/mol. The van der Waals surface area contributed by atoms with Crippen molar-refractivity contribution < 1.29 is 18.9 Å². The lowest BCUT2D eigenvalue weighted by molar-refractivity contribution is 0.120. The largest absolute Gasteiger partial charge is 0.497 e. The predicted octanol–water partition coefficient (Wildman–Crippen LogP) is 3.04. The number of ether oxygens (including phenoxy) is 4. The van der Waals surface area contributed by atoms with Crippen LogP contribution in [-0.2, 0) is 13.1 Å². The van der Waals surface area contributed by atoms with Gasteiger partial charge in [0.25, 0.3) is 0 Å². The third kappa shape index (κ3) is 4.88. The monoisotopic (exact) mass is 386 g/mol. The second kappa shape index (κ2) is 9.66. The Labute approximate surface area is 167 Å². The Morgan fingerprint density at radius 3 is 1.71 bits per heavy atom.